The van der Waals surface area contributed by atoms with E-state index in [0.29, 0.717) is 5.76 Å². The van der Waals surface area contributed by atoms with Crippen molar-refractivity contribution in [1.82, 2.24) is 10.6 Å². The first-order valence-corrected chi connectivity index (χ1v) is 7.63. The van der Waals surface area contributed by atoms with E-state index in [1.807, 2.05) is 56.3 Å². The van der Waals surface area contributed by atoms with Crippen LogP contribution in [-0.4, -0.2) is 11.8 Å². The minimum atomic E-state index is -0.348. The molecule has 0 saturated heterocycles. The molecule has 2 atom stereocenters. The van der Waals surface area contributed by atoms with Gasteiger partial charge in [-0.3, -0.25) is 9.59 Å². The van der Waals surface area contributed by atoms with Gasteiger partial charge in [-0.05, 0) is 31.5 Å². The Morgan fingerprint density at radius 2 is 1.78 bits per heavy atom. The highest BCUT2D eigenvalue weighted by molar-refractivity contribution is 5.79. The van der Waals surface area contributed by atoms with Crippen LogP contribution < -0.4 is 10.6 Å². The molecule has 2 aromatic rings. The molecule has 1 aromatic heterocycles. The Kier molecular flexibility index (Phi) is 5.57. The molecule has 0 radical (unpaired) electrons. The van der Waals surface area contributed by atoms with Gasteiger partial charge in [0.2, 0.25) is 11.8 Å². The van der Waals surface area contributed by atoms with Gasteiger partial charge in [0.25, 0.3) is 0 Å². The van der Waals surface area contributed by atoms with E-state index in [2.05, 4.69) is 10.6 Å². The zero-order valence-electron chi connectivity index (χ0n) is 13.6. The third-order valence-corrected chi connectivity index (χ3v) is 3.53. The maximum absolute atomic E-state index is 12.3. The standard InChI is InChI=1S/C18H22N2O3/c1-12-9-10-17(23-12)13(2)19-18(22)11-16(20-14(3)21)15-7-5-4-6-8-15/h4-10,13,16H,11H2,1-3H3,(H,19,22)(H,20,21). The van der Waals surface area contributed by atoms with Crippen molar-refractivity contribution in [2.75, 3.05) is 0 Å². The highest BCUT2D eigenvalue weighted by atomic mass is 16.3. The largest absolute Gasteiger partial charge is 0.464 e. The molecule has 0 aliphatic rings. The van der Waals surface area contributed by atoms with Gasteiger partial charge in [-0.25, -0.2) is 0 Å². The lowest BCUT2D eigenvalue weighted by Gasteiger charge is -2.19. The maximum atomic E-state index is 12.3. The Morgan fingerprint density at radius 3 is 2.35 bits per heavy atom. The molecule has 2 N–H and O–H groups in total. The van der Waals surface area contributed by atoms with E-state index in [4.69, 9.17) is 4.42 Å². The summed E-state index contributed by atoms with van der Waals surface area (Å²) in [5.74, 6) is 1.21. The van der Waals surface area contributed by atoms with E-state index < -0.39 is 0 Å². The SMILES string of the molecule is CC(=O)NC(CC(=O)NC(C)c1ccc(C)o1)c1ccccc1. The molecular weight excluding hydrogens is 292 g/mol. The van der Waals surface area contributed by atoms with Crippen LogP contribution in [0.4, 0.5) is 0 Å². The molecule has 2 amide bonds. The number of hydrogen-bond acceptors (Lipinski definition) is 3. The summed E-state index contributed by atoms with van der Waals surface area (Å²) in [6.07, 6.45) is 0.174. The Hall–Kier alpha value is -2.56. The van der Waals surface area contributed by atoms with E-state index in [1.54, 1.807) is 0 Å². The lowest BCUT2D eigenvalue weighted by molar-refractivity contribution is -0.123. The van der Waals surface area contributed by atoms with Crippen molar-refractivity contribution in [2.24, 2.45) is 0 Å². The summed E-state index contributed by atoms with van der Waals surface area (Å²) in [5.41, 5.74) is 0.902. The Bertz CT molecular complexity index is 664. The zero-order valence-corrected chi connectivity index (χ0v) is 13.6. The minimum absolute atomic E-state index is 0.144. The average molecular weight is 314 g/mol. The molecule has 0 saturated carbocycles. The molecule has 5 heteroatoms. The quantitative estimate of drug-likeness (QED) is 0.861. The second-order valence-electron chi connectivity index (χ2n) is 5.61. The van der Waals surface area contributed by atoms with Crippen molar-refractivity contribution in [3.8, 4) is 0 Å². The first-order valence-electron chi connectivity index (χ1n) is 7.63. The highest BCUT2D eigenvalue weighted by Gasteiger charge is 2.19. The van der Waals surface area contributed by atoms with Gasteiger partial charge in [0.1, 0.15) is 11.5 Å². The third kappa shape index (κ3) is 4.98. The number of aryl methyl sites for hydroxylation is 1. The summed E-state index contributed by atoms with van der Waals surface area (Å²) >= 11 is 0. The maximum Gasteiger partial charge on any atom is 0.222 e. The number of carbonyl (C=O) groups is 2. The van der Waals surface area contributed by atoms with Crippen LogP contribution in [0, 0.1) is 6.92 Å². The molecule has 1 aromatic carbocycles. The van der Waals surface area contributed by atoms with Gasteiger partial charge in [0, 0.05) is 6.92 Å². The number of nitrogens with one attached hydrogen (secondary N) is 2. The normalized spacial score (nSPS) is 13.2. The van der Waals surface area contributed by atoms with Crippen molar-refractivity contribution >= 4 is 11.8 Å². The molecule has 0 aliphatic heterocycles. The fraction of sp³-hybridized carbons (Fsp3) is 0.333. The number of carbonyl (C=O) groups excluding carboxylic acids is 2. The molecule has 0 spiro atoms. The third-order valence-electron chi connectivity index (χ3n) is 3.53. The fourth-order valence-corrected chi connectivity index (χ4v) is 2.43. The van der Waals surface area contributed by atoms with Gasteiger partial charge >= 0.3 is 0 Å². The van der Waals surface area contributed by atoms with Crippen LogP contribution in [0.3, 0.4) is 0 Å². The number of furan rings is 1. The van der Waals surface area contributed by atoms with Crippen molar-refractivity contribution in [3.63, 3.8) is 0 Å². The topological polar surface area (TPSA) is 71.3 Å². The molecule has 2 unspecified atom stereocenters. The van der Waals surface area contributed by atoms with Gasteiger partial charge in [-0.2, -0.15) is 0 Å². The second-order valence-corrected chi connectivity index (χ2v) is 5.61. The van der Waals surface area contributed by atoms with E-state index in [9.17, 15) is 9.59 Å². The summed E-state index contributed by atoms with van der Waals surface area (Å²) < 4.78 is 5.52. The fourth-order valence-electron chi connectivity index (χ4n) is 2.43. The highest BCUT2D eigenvalue weighted by Crippen LogP contribution is 2.19. The molecular formula is C18H22N2O3. The lowest BCUT2D eigenvalue weighted by atomic mass is 10.0. The van der Waals surface area contributed by atoms with Gasteiger partial charge in [-0.15, -0.1) is 0 Å². The monoisotopic (exact) mass is 314 g/mol. The first-order chi connectivity index (χ1) is 11.0. The van der Waals surface area contributed by atoms with Crippen molar-refractivity contribution < 1.29 is 14.0 Å². The molecule has 0 aliphatic carbocycles. The number of amides is 2. The molecule has 2 rings (SSSR count). The minimum Gasteiger partial charge on any atom is -0.464 e. The van der Waals surface area contributed by atoms with Gasteiger partial charge < -0.3 is 15.1 Å². The molecule has 0 bridgehead atoms. The lowest BCUT2D eigenvalue weighted by Crippen LogP contribution is -2.33. The van der Waals surface area contributed by atoms with E-state index in [-0.39, 0.29) is 30.3 Å². The van der Waals surface area contributed by atoms with Crippen LogP contribution in [0.25, 0.3) is 0 Å². The summed E-state index contributed by atoms with van der Waals surface area (Å²) in [4.78, 5) is 23.7. The predicted molar refractivity (Wildman–Crippen MR) is 87.6 cm³/mol. The Balaban J connectivity index is 2.01. The summed E-state index contributed by atoms with van der Waals surface area (Å²) in [6.45, 7) is 5.18. The molecule has 1 heterocycles. The molecule has 5 nitrogen and oxygen atoms in total. The summed E-state index contributed by atoms with van der Waals surface area (Å²) in [7, 11) is 0. The Labute approximate surface area is 136 Å². The van der Waals surface area contributed by atoms with Crippen LogP contribution in [0.5, 0.6) is 0 Å². The Morgan fingerprint density at radius 1 is 1.09 bits per heavy atom. The van der Waals surface area contributed by atoms with E-state index >= 15 is 0 Å². The zero-order chi connectivity index (χ0) is 16.8. The predicted octanol–water partition coefficient (Wildman–Crippen LogP) is 3.03. The van der Waals surface area contributed by atoms with E-state index in [0.717, 1.165) is 11.3 Å². The summed E-state index contributed by atoms with van der Waals surface area (Å²) in [5, 5.41) is 5.72. The first kappa shape index (κ1) is 16.8. The van der Waals surface area contributed by atoms with Crippen molar-refractivity contribution in [1.29, 1.82) is 0 Å². The van der Waals surface area contributed by atoms with Crippen LogP contribution in [-0.2, 0) is 9.59 Å². The smallest absolute Gasteiger partial charge is 0.222 e. The summed E-state index contributed by atoms with van der Waals surface area (Å²) in [6, 6.07) is 12.6. The number of hydrogen-bond donors (Lipinski definition) is 2. The number of benzene rings is 1. The number of rotatable bonds is 6. The van der Waals surface area contributed by atoms with Gasteiger partial charge in [0.15, 0.2) is 0 Å². The van der Waals surface area contributed by atoms with Gasteiger partial charge in [-0.1, -0.05) is 30.3 Å². The van der Waals surface area contributed by atoms with Crippen LogP contribution in [0.1, 0.15) is 49.4 Å². The van der Waals surface area contributed by atoms with Gasteiger partial charge in [0.05, 0.1) is 18.5 Å². The molecule has 0 fully saturated rings. The van der Waals surface area contributed by atoms with Crippen molar-refractivity contribution in [3.05, 3.63) is 59.5 Å². The second kappa shape index (κ2) is 7.63. The van der Waals surface area contributed by atoms with Crippen LogP contribution in [0.2, 0.25) is 0 Å². The van der Waals surface area contributed by atoms with Crippen molar-refractivity contribution in [2.45, 2.75) is 39.3 Å². The molecule has 23 heavy (non-hydrogen) atoms. The molecule has 122 valence electrons. The van der Waals surface area contributed by atoms with Crippen LogP contribution in [0.15, 0.2) is 46.9 Å². The van der Waals surface area contributed by atoms with Crippen LogP contribution >= 0.6 is 0 Å². The average Bonchev–Trinajstić information content (AvgIpc) is 2.93. The van der Waals surface area contributed by atoms with E-state index in [1.165, 1.54) is 6.92 Å².